The van der Waals surface area contributed by atoms with E-state index in [1.807, 2.05) is 6.07 Å². The lowest BCUT2D eigenvalue weighted by Gasteiger charge is -2.06. The summed E-state index contributed by atoms with van der Waals surface area (Å²) in [5.41, 5.74) is 1.25. The molecule has 1 aromatic rings. The molecule has 1 aromatic carbocycles. The zero-order chi connectivity index (χ0) is 13.4. The fourth-order valence-electron chi connectivity index (χ4n) is 1.37. The largest absolute Gasteiger partial charge is 0.463 e. The molecule has 18 heavy (non-hydrogen) atoms. The van der Waals surface area contributed by atoms with Crippen molar-refractivity contribution in [1.82, 2.24) is 0 Å². The third-order valence-electron chi connectivity index (χ3n) is 2.10. The Labute approximate surface area is 106 Å². The number of rotatable bonds is 6. The highest BCUT2D eigenvalue weighted by Gasteiger charge is 2.10. The number of methoxy groups -OCH3 is 1. The van der Waals surface area contributed by atoms with Crippen LogP contribution in [-0.4, -0.2) is 32.3 Å². The lowest BCUT2D eigenvalue weighted by molar-refractivity contribution is -0.146. The van der Waals surface area contributed by atoms with Crippen LogP contribution < -0.4 is 0 Å². The number of benzene rings is 1. The molecule has 0 saturated heterocycles. The van der Waals surface area contributed by atoms with Crippen molar-refractivity contribution in [3.8, 4) is 0 Å². The first-order valence-corrected chi connectivity index (χ1v) is 5.58. The van der Waals surface area contributed by atoms with Gasteiger partial charge >= 0.3 is 11.9 Å². The van der Waals surface area contributed by atoms with Crippen molar-refractivity contribution in [1.29, 1.82) is 0 Å². The highest BCUT2D eigenvalue weighted by Crippen LogP contribution is 2.07. The Bertz CT molecular complexity index is 414. The minimum atomic E-state index is -0.557. The van der Waals surface area contributed by atoms with E-state index >= 15 is 0 Å². The van der Waals surface area contributed by atoms with Gasteiger partial charge in [0.1, 0.15) is 0 Å². The molecule has 0 N–H and O–H groups in total. The molecule has 0 aromatic heterocycles. The number of esters is 2. The summed E-state index contributed by atoms with van der Waals surface area (Å²) in [7, 11) is 1.58. The van der Waals surface area contributed by atoms with Crippen LogP contribution in [0.1, 0.15) is 22.8 Å². The van der Waals surface area contributed by atoms with Gasteiger partial charge < -0.3 is 14.2 Å². The molecule has 0 aliphatic heterocycles. The number of hydrogen-bond donors (Lipinski definition) is 0. The third kappa shape index (κ3) is 4.55. The molecule has 5 heteroatoms. The van der Waals surface area contributed by atoms with Crippen LogP contribution in [0.5, 0.6) is 0 Å². The molecule has 0 bridgehead atoms. The van der Waals surface area contributed by atoms with Crippen LogP contribution in [0.25, 0.3) is 0 Å². The molecule has 98 valence electrons. The van der Waals surface area contributed by atoms with Crippen molar-refractivity contribution < 1.29 is 23.8 Å². The molecule has 1 rings (SSSR count). The van der Waals surface area contributed by atoms with Crippen LogP contribution in [0.3, 0.4) is 0 Å². The minimum Gasteiger partial charge on any atom is -0.463 e. The highest BCUT2D eigenvalue weighted by atomic mass is 16.6. The fourth-order valence-corrected chi connectivity index (χ4v) is 1.37. The molecule has 0 unspecified atom stereocenters. The first-order chi connectivity index (χ1) is 8.67. The van der Waals surface area contributed by atoms with E-state index in [-0.39, 0.29) is 13.2 Å². The van der Waals surface area contributed by atoms with Gasteiger partial charge in [0, 0.05) is 7.11 Å². The standard InChI is InChI=1S/C13H16O5/c1-3-17-12(14)9-18-13(15)11-6-4-5-10(7-11)8-16-2/h4-7H,3,8-9H2,1-2H3. The summed E-state index contributed by atoms with van der Waals surface area (Å²) in [6, 6.07) is 6.85. The molecule has 0 heterocycles. The second-order valence-electron chi connectivity index (χ2n) is 3.51. The Balaban J connectivity index is 2.55. The van der Waals surface area contributed by atoms with Gasteiger partial charge in [-0.05, 0) is 24.6 Å². The Hall–Kier alpha value is -1.88. The highest BCUT2D eigenvalue weighted by molar-refractivity contribution is 5.90. The van der Waals surface area contributed by atoms with Crippen molar-refractivity contribution in [3.63, 3.8) is 0 Å². The fraction of sp³-hybridized carbons (Fsp3) is 0.385. The van der Waals surface area contributed by atoms with E-state index in [0.29, 0.717) is 12.2 Å². The van der Waals surface area contributed by atoms with E-state index in [9.17, 15) is 9.59 Å². The first-order valence-electron chi connectivity index (χ1n) is 5.58. The molecule has 5 nitrogen and oxygen atoms in total. The van der Waals surface area contributed by atoms with E-state index in [0.717, 1.165) is 5.56 Å². The summed E-state index contributed by atoms with van der Waals surface area (Å²) in [5, 5.41) is 0. The molecule has 0 aliphatic rings. The van der Waals surface area contributed by atoms with Crippen molar-refractivity contribution >= 4 is 11.9 Å². The summed E-state index contributed by atoms with van der Waals surface area (Å²) < 4.78 is 14.4. The van der Waals surface area contributed by atoms with Crippen LogP contribution in [0.15, 0.2) is 24.3 Å². The summed E-state index contributed by atoms with van der Waals surface area (Å²) in [6.45, 7) is 1.99. The van der Waals surface area contributed by atoms with E-state index in [1.165, 1.54) is 0 Å². The van der Waals surface area contributed by atoms with Gasteiger partial charge in [0.2, 0.25) is 0 Å². The average molecular weight is 252 g/mol. The van der Waals surface area contributed by atoms with Crippen LogP contribution in [0.4, 0.5) is 0 Å². The van der Waals surface area contributed by atoms with Gasteiger partial charge in [-0.2, -0.15) is 0 Å². The van der Waals surface area contributed by atoms with Gasteiger partial charge in [0.15, 0.2) is 6.61 Å². The molecule has 0 fully saturated rings. The van der Waals surface area contributed by atoms with Crippen molar-refractivity contribution in [2.24, 2.45) is 0 Å². The Morgan fingerprint density at radius 3 is 2.67 bits per heavy atom. The quantitative estimate of drug-likeness (QED) is 0.719. The van der Waals surface area contributed by atoms with Gasteiger partial charge in [0.05, 0.1) is 18.8 Å². The molecule has 0 atom stereocenters. The van der Waals surface area contributed by atoms with E-state index in [2.05, 4.69) is 4.74 Å². The average Bonchev–Trinajstić information content (AvgIpc) is 2.37. The summed E-state index contributed by atoms with van der Waals surface area (Å²) in [4.78, 5) is 22.7. The Morgan fingerprint density at radius 2 is 2.00 bits per heavy atom. The number of ether oxygens (including phenoxy) is 3. The summed E-state index contributed by atoms with van der Waals surface area (Å²) >= 11 is 0. The van der Waals surface area contributed by atoms with Crippen LogP contribution in [0.2, 0.25) is 0 Å². The zero-order valence-electron chi connectivity index (χ0n) is 10.5. The van der Waals surface area contributed by atoms with Crippen molar-refractivity contribution in [2.45, 2.75) is 13.5 Å². The van der Waals surface area contributed by atoms with Gasteiger partial charge in [0.25, 0.3) is 0 Å². The first kappa shape index (κ1) is 14.2. The van der Waals surface area contributed by atoms with Crippen molar-refractivity contribution in [3.05, 3.63) is 35.4 Å². The van der Waals surface area contributed by atoms with Crippen molar-refractivity contribution in [2.75, 3.05) is 20.3 Å². The monoisotopic (exact) mass is 252 g/mol. The van der Waals surface area contributed by atoms with Gasteiger partial charge in [-0.15, -0.1) is 0 Å². The summed E-state index contributed by atoms with van der Waals surface area (Å²) in [5.74, 6) is -1.11. The topological polar surface area (TPSA) is 61.8 Å². The van der Waals surface area contributed by atoms with Gasteiger partial charge in [-0.1, -0.05) is 12.1 Å². The van der Waals surface area contributed by atoms with E-state index < -0.39 is 11.9 Å². The summed E-state index contributed by atoms with van der Waals surface area (Å²) in [6.07, 6.45) is 0. The lowest BCUT2D eigenvalue weighted by Crippen LogP contribution is -2.16. The SMILES string of the molecule is CCOC(=O)COC(=O)c1cccc(COC)c1. The predicted octanol–water partition coefficient (Wildman–Crippen LogP) is 1.55. The molecule has 0 saturated carbocycles. The normalized spacial score (nSPS) is 9.89. The molecular formula is C13H16O5. The smallest absolute Gasteiger partial charge is 0.344 e. The Morgan fingerprint density at radius 1 is 1.22 bits per heavy atom. The second kappa shape index (κ2) is 7.45. The van der Waals surface area contributed by atoms with Gasteiger partial charge in [-0.3, -0.25) is 0 Å². The molecule has 0 radical (unpaired) electrons. The molecule has 0 aliphatic carbocycles. The van der Waals surface area contributed by atoms with Crippen LogP contribution in [-0.2, 0) is 25.6 Å². The number of carbonyl (C=O) groups excluding carboxylic acids is 2. The maximum Gasteiger partial charge on any atom is 0.344 e. The minimum absolute atomic E-state index is 0.264. The van der Waals surface area contributed by atoms with Gasteiger partial charge in [-0.25, -0.2) is 9.59 Å². The van der Waals surface area contributed by atoms with Crippen LogP contribution >= 0.6 is 0 Å². The maximum atomic E-state index is 11.6. The number of hydrogen-bond acceptors (Lipinski definition) is 5. The number of carbonyl (C=O) groups is 2. The predicted molar refractivity (Wildman–Crippen MR) is 64.1 cm³/mol. The van der Waals surface area contributed by atoms with E-state index in [1.54, 1.807) is 32.2 Å². The molecule has 0 amide bonds. The second-order valence-corrected chi connectivity index (χ2v) is 3.51. The maximum absolute atomic E-state index is 11.6. The zero-order valence-corrected chi connectivity index (χ0v) is 10.5. The van der Waals surface area contributed by atoms with E-state index in [4.69, 9.17) is 9.47 Å². The molecule has 0 spiro atoms. The Kier molecular flexibility index (Phi) is 5.87. The molecular weight excluding hydrogens is 236 g/mol. The third-order valence-corrected chi connectivity index (χ3v) is 2.10. The van der Waals surface area contributed by atoms with Crippen LogP contribution in [0, 0.1) is 0 Å². The lowest BCUT2D eigenvalue weighted by atomic mass is 10.1.